The Balaban J connectivity index is 2.42. The molecule has 0 amide bonds. The first-order valence-electron chi connectivity index (χ1n) is 4.48. The number of para-hydroxylation sites is 1. The summed E-state index contributed by atoms with van der Waals surface area (Å²) < 4.78 is 5.34. The number of rotatable bonds is 1. The molecule has 2 rings (SSSR count). The summed E-state index contributed by atoms with van der Waals surface area (Å²) in [4.78, 5) is 12.6. The molecule has 1 aliphatic rings. The number of nitrogens with zero attached hydrogens (tertiary/aromatic N) is 1. The van der Waals surface area contributed by atoms with E-state index < -0.39 is 12.0 Å². The van der Waals surface area contributed by atoms with Gasteiger partial charge in [0, 0.05) is 7.05 Å². The number of fused-ring (bicyclic) bond motifs is 1. The molecule has 80 valence electrons. The molecule has 0 saturated carbocycles. The first-order chi connectivity index (χ1) is 7.11. The fourth-order valence-electron chi connectivity index (χ4n) is 1.60. The van der Waals surface area contributed by atoms with Crippen LogP contribution in [0, 0.1) is 0 Å². The van der Waals surface area contributed by atoms with E-state index in [0.29, 0.717) is 16.5 Å². The normalized spacial score (nSPS) is 19.3. The zero-order valence-electron chi connectivity index (χ0n) is 8.11. The van der Waals surface area contributed by atoms with Gasteiger partial charge in [0.25, 0.3) is 0 Å². The Morgan fingerprint density at radius 3 is 3.07 bits per heavy atom. The molecule has 0 aromatic heterocycles. The Morgan fingerprint density at radius 2 is 2.40 bits per heavy atom. The van der Waals surface area contributed by atoms with Crippen molar-refractivity contribution >= 4 is 23.3 Å². The van der Waals surface area contributed by atoms with Crippen LogP contribution in [0.3, 0.4) is 0 Å². The number of hydrogen-bond donors (Lipinski definition) is 1. The predicted octanol–water partition coefficient (Wildman–Crippen LogP) is 1.62. The SMILES string of the molecule is CN1c2cccc(Cl)c2OCC1C(=O)O. The molecular weight excluding hydrogens is 218 g/mol. The smallest absolute Gasteiger partial charge is 0.329 e. The van der Waals surface area contributed by atoms with Crippen LogP contribution in [0.15, 0.2) is 18.2 Å². The van der Waals surface area contributed by atoms with E-state index in [1.54, 1.807) is 30.1 Å². The van der Waals surface area contributed by atoms with E-state index in [-0.39, 0.29) is 6.61 Å². The first-order valence-corrected chi connectivity index (χ1v) is 4.86. The predicted molar refractivity (Wildman–Crippen MR) is 56.8 cm³/mol. The van der Waals surface area contributed by atoms with Crippen LogP contribution in [0.25, 0.3) is 0 Å². The highest BCUT2D eigenvalue weighted by Crippen LogP contribution is 2.38. The van der Waals surface area contributed by atoms with E-state index in [4.69, 9.17) is 21.4 Å². The summed E-state index contributed by atoms with van der Waals surface area (Å²) >= 11 is 5.94. The maximum Gasteiger partial charge on any atom is 0.329 e. The van der Waals surface area contributed by atoms with E-state index in [2.05, 4.69) is 0 Å². The molecule has 1 aromatic carbocycles. The van der Waals surface area contributed by atoms with Gasteiger partial charge < -0.3 is 14.7 Å². The third-order valence-corrected chi connectivity index (χ3v) is 2.76. The molecule has 1 aliphatic heterocycles. The van der Waals surface area contributed by atoms with Gasteiger partial charge >= 0.3 is 5.97 Å². The number of hydrogen-bond acceptors (Lipinski definition) is 3. The van der Waals surface area contributed by atoms with E-state index in [0.717, 1.165) is 0 Å². The molecule has 0 saturated heterocycles. The van der Waals surface area contributed by atoms with Crippen molar-refractivity contribution in [1.29, 1.82) is 0 Å². The van der Waals surface area contributed by atoms with Crippen molar-refractivity contribution in [3.63, 3.8) is 0 Å². The fourth-order valence-corrected chi connectivity index (χ4v) is 1.82. The highest BCUT2D eigenvalue weighted by molar-refractivity contribution is 6.32. The second-order valence-electron chi connectivity index (χ2n) is 3.36. The highest BCUT2D eigenvalue weighted by Gasteiger charge is 2.31. The minimum atomic E-state index is -0.900. The van der Waals surface area contributed by atoms with Gasteiger partial charge in [-0.05, 0) is 12.1 Å². The van der Waals surface area contributed by atoms with Gasteiger partial charge in [-0.2, -0.15) is 0 Å². The first kappa shape index (κ1) is 10.1. The quantitative estimate of drug-likeness (QED) is 0.792. The lowest BCUT2D eigenvalue weighted by Crippen LogP contribution is -2.45. The topological polar surface area (TPSA) is 49.8 Å². The number of aliphatic carboxylic acids is 1. The molecule has 0 bridgehead atoms. The minimum absolute atomic E-state index is 0.114. The van der Waals surface area contributed by atoms with Crippen LogP contribution in [-0.4, -0.2) is 30.8 Å². The van der Waals surface area contributed by atoms with Gasteiger partial charge in [0.2, 0.25) is 0 Å². The average molecular weight is 228 g/mol. The van der Waals surface area contributed by atoms with Crippen molar-refractivity contribution in [1.82, 2.24) is 0 Å². The molecule has 4 nitrogen and oxygen atoms in total. The van der Waals surface area contributed by atoms with Crippen molar-refractivity contribution < 1.29 is 14.6 Å². The van der Waals surface area contributed by atoms with Gasteiger partial charge in [-0.15, -0.1) is 0 Å². The minimum Gasteiger partial charge on any atom is -0.487 e. The number of carboxylic acids is 1. The van der Waals surface area contributed by atoms with Gasteiger partial charge in [-0.3, -0.25) is 0 Å². The summed E-state index contributed by atoms with van der Waals surface area (Å²) in [6.07, 6.45) is 0. The molecule has 1 unspecified atom stereocenters. The summed E-state index contributed by atoms with van der Waals surface area (Å²) in [5, 5.41) is 9.45. The second kappa shape index (κ2) is 3.62. The Kier molecular flexibility index (Phi) is 2.44. The molecule has 0 radical (unpaired) electrons. The van der Waals surface area contributed by atoms with Crippen LogP contribution >= 0.6 is 11.6 Å². The number of carboxylic acid groups (broad SMARTS) is 1. The Labute approximate surface area is 92.0 Å². The Morgan fingerprint density at radius 1 is 1.67 bits per heavy atom. The molecule has 0 aliphatic carbocycles. The molecule has 0 fully saturated rings. The summed E-state index contributed by atoms with van der Waals surface area (Å²) in [6.45, 7) is 0.114. The lowest BCUT2D eigenvalue weighted by Gasteiger charge is -2.33. The fraction of sp³-hybridized carbons (Fsp3) is 0.300. The van der Waals surface area contributed by atoms with Crippen LogP contribution < -0.4 is 9.64 Å². The molecule has 0 spiro atoms. The number of ether oxygens (including phenoxy) is 1. The maximum absolute atomic E-state index is 10.9. The van der Waals surface area contributed by atoms with Gasteiger partial charge in [-0.1, -0.05) is 17.7 Å². The molecule has 5 heteroatoms. The number of carbonyl (C=O) groups is 1. The van der Waals surface area contributed by atoms with Gasteiger partial charge in [0.05, 0.1) is 10.7 Å². The van der Waals surface area contributed by atoms with Gasteiger partial charge in [0.1, 0.15) is 6.61 Å². The number of halogens is 1. The number of likely N-dealkylation sites (N-methyl/N-ethyl adjacent to an activating group) is 1. The summed E-state index contributed by atoms with van der Waals surface area (Å²) in [7, 11) is 1.72. The maximum atomic E-state index is 10.9. The lowest BCUT2D eigenvalue weighted by molar-refractivity contribution is -0.139. The van der Waals surface area contributed by atoms with Crippen LogP contribution in [0.5, 0.6) is 5.75 Å². The van der Waals surface area contributed by atoms with Crippen molar-refractivity contribution in [3.05, 3.63) is 23.2 Å². The molecule has 15 heavy (non-hydrogen) atoms. The van der Waals surface area contributed by atoms with Crippen molar-refractivity contribution in [2.45, 2.75) is 6.04 Å². The molecular formula is C10H10ClNO3. The summed E-state index contributed by atoms with van der Waals surface area (Å²) in [5.41, 5.74) is 0.709. The number of benzene rings is 1. The highest BCUT2D eigenvalue weighted by atomic mass is 35.5. The van der Waals surface area contributed by atoms with Crippen LogP contribution in [0.1, 0.15) is 0 Å². The average Bonchev–Trinajstić information content (AvgIpc) is 2.19. The third-order valence-electron chi connectivity index (χ3n) is 2.46. The van der Waals surface area contributed by atoms with Gasteiger partial charge in [-0.25, -0.2) is 4.79 Å². The van der Waals surface area contributed by atoms with Crippen molar-refractivity contribution in [2.75, 3.05) is 18.6 Å². The van der Waals surface area contributed by atoms with E-state index in [1.165, 1.54) is 0 Å². The standard InChI is InChI=1S/C10H10ClNO3/c1-12-7-4-2-3-6(11)9(7)15-5-8(12)10(13)14/h2-4,8H,5H2,1H3,(H,13,14). The largest absolute Gasteiger partial charge is 0.487 e. The molecule has 1 N–H and O–H groups in total. The Hall–Kier alpha value is -1.42. The van der Waals surface area contributed by atoms with E-state index >= 15 is 0 Å². The lowest BCUT2D eigenvalue weighted by atomic mass is 10.2. The van der Waals surface area contributed by atoms with E-state index in [1.807, 2.05) is 0 Å². The van der Waals surface area contributed by atoms with Crippen molar-refractivity contribution in [2.24, 2.45) is 0 Å². The van der Waals surface area contributed by atoms with Crippen LogP contribution in [0.4, 0.5) is 5.69 Å². The van der Waals surface area contributed by atoms with E-state index in [9.17, 15) is 4.79 Å². The summed E-state index contributed by atoms with van der Waals surface area (Å²) in [6, 6.07) is 4.62. The number of anilines is 1. The zero-order chi connectivity index (χ0) is 11.0. The van der Waals surface area contributed by atoms with Gasteiger partial charge in [0.15, 0.2) is 11.8 Å². The van der Waals surface area contributed by atoms with Crippen LogP contribution in [-0.2, 0) is 4.79 Å². The Bertz CT molecular complexity index is 408. The molecule has 1 atom stereocenters. The van der Waals surface area contributed by atoms with Crippen molar-refractivity contribution in [3.8, 4) is 5.75 Å². The second-order valence-corrected chi connectivity index (χ2v) is 3.77. The van der Waals surface area contributed by atoms with Crippen LogP contribution in [0.2, 0.25) is 5.02 Å². The monoisotopic (exact) mass is 227 g/mol. The zero-order valence-corrected chi connectivity index (χ0v) is 8.86. The molecule has 1 aromatic rings. The third kappa shape index (κ3) is 1.61. The molecule has 1 heterocycles. The summed E-state index contributed by atoms with van der Waals surface area (Å²) in [5.74, 6) is -0.345.